The SMILES string of the molecule is Cc1cp(-c2ccccc2)cc1C. The number of benzene rings is 1. The molecule has 1 aromatic carbocycles. The molecular formula is C12H13P. The normalized spacial score (nSPS) is 10.3. The van der Waals surface area contributed by atoms with Gasteiger partial charge in [-0.2, -0.15) is 0 Å². The maximum absolute atomic E-state index is 2.39. The molecule has 1 heteroatoms. The molecule has 0 bridgehead atoms. The standard InChI is InChI=1S/C12H13P/c1-10-8-13(9-11(10)2)12-6-4-3-5-7-12/h3-9H,1-2H3. The van der Waals surface area contributed by atoms with E-state index in [-0.39, 0.29) is 7.53 Å². The monoisotopic (exact) mass is 188 g/mol. The van der Waals surface area contributed by atoms with E-state index in [4.69, 9.17) is 0 Å². The fourth-order valence-corrected chi connectivity index (χ4v) is 3.54. The van der Waals surface area contributed by atoms with Gasteiger partial charge in [-0.25, -0.2) is 0 Å². The Kier molecular flexibility index (Phi) is 2.24. The summed E-state index contributed by atoms with van der Waals surface area (Å²) in [6, 6.07) is 10.7. The Labute approximate surface area is 80.3 Å². The molecule has 1 heterocycles. The summed E-state index contributed by atoms with van der Waals surface area (Å²) >= 11 is 0. The van der Waals surface area contributed by atoms with Gasteiger partial charge < -0.3 is 0 Å². The molecule has 0 aliphatic carbocycles. The topological polar surface area (TPSA) is 0 Å². The van der Waals surface area contributed by atoms with Gasteiger partial charge in [-0.05, 0) is 41.9 Å². The molecule has 0 unspecified atom stereocenters. The first-order chi connectivity index (χ1) is 6.27. The van der Waals surface area contributed by atoms with Crippen LogP contribution in [0.3, 0.4) is 0 Å². The zero-order valence-corrected chi connectivity index (χ0v) is 8.88. The second-order valence-electron chi connectivity index (χ2n) is 3.37. The smallest absolute Gasteiger partial charge is 0.00217 e. The molecule has 0 radical (unpaired) electrons. The van der Waals surface area contributed by atoms with E-state index in [1.54, 1.807) is 0 Å². The van der Waals surface area contributed by atoms with Crippen molar-refractivity contribution in [1.82, 2.24) is 0 Å². The van der Waals surface area contributed by atoms with Crippen LogP contribution in [0.5, 0.6) is 0 Å². The lowest BCUT2D eigenvalue weighted by Gasteiger charge is -1.95. The van der Waals surface area contributed by atoms with Crippen LogP contribution >= 0.6 is 7.53 Å². The number of rotatable bonds is 1. The summed E-state index contributed by atoms with van der Waals surface area (Å²) in [7, 11) is -0.143. The fourth-order valence-electron chi connectivity index (χ4n) is 1.41. The summed E-state index contributed by atoms with van der Waals surface area (Å²) in [6.45, 7) is 4.38. The maximum Gasteiger partial charge on any atom is -0.00217 e. The van der Waals surface area contributed by atoms with E-state index in [9.17, 15) is 0 Å². The van der Waals surface area contributed by atoms with E-state index in [2.05, 4.69) is 55.8 Å². The average Bonchev–Trinajstić information content (AvgIpc) is 2.49. The second kappa shape index (κ2) is 3.40. The highest BCUT2D eigenvalue weighted by Gasteiger charge is 2.00. The van der Waals surface area contributed by atoms with Gasteiger partial charge in [-0.3, -0.25) is 0 Å². The molecule has 0 atom stereocenters. The lowest BCUT2D eigenvalue weighted by molar-refractivity contribution is 1.41. The van der Waals surface area contributed by atoms with E-state index in [1.807, 2.05) is 0 Å². The van der Waals surface area contributed by atoms with Gasteiger partial charge in [0.1, 0.15) is 0 Å². The van der Waals surface area contributed by atoms with Gasteiger partial charge >= 0.3 is 0 Å². The third-order valence-corrected chi connectivity index (χ3v) is 4.57. The average molecular weight is 188 g/mol. The van der Waals surface area contributed by atoms with Crippen molar-refractivity contribution < 1.29 is 0 Å². The Bertz CT molecular complexity index is 379. The molecule has 0 nitrogen and oxygen atoms in total. The van der Waals surface area contributed by atoms with Gasteiger partial charge in [-0.15, -0.1) is 0 Å². The highest BCUT2D eigenvalue weighted by atomic mass is 31.1. The summed E-state index contributed by atoms with van der Waals surface area (Å²) in [5, 5.41) is 1.45. The molecule has 2 aromatic rings. The lowest BCUT2D eigenvalue weighted by atomic mass is 10.2. The van der Waals surface area contributed by atoms with Gasteiger partial charge in [0.15, 0.2) is 0 Å². The molecule has 0 aliphatic heterocycles. The van der Waals surface area contributed by atoms with Crippen molar-refractivity contribution in [2.45, 2.75) is 13.8 Å². The van der Waals surface area contributed by atoms with Crippen LogP contribution in [-0.2, 0) is 0 Å². The predicted molar refractivity (Wildman–Crippen MR) is 60.0 cm³/mol. The van der Waals surface area contributed by atoms with E-state index >= 15 is 0 Å². The van der Waals surface area contributed by atoms with Crippen molar-refractivity contribution in [2.75, 3.05) is 0 Å². The first kappa shape index (κ1) is 8.59. The summed E-state index contributed by atoms with van der Waals surface area (Å²) < 4.78 is 0. The zero-order chi connectivity index (χ0) is 9.26. The molecule has 13 heavy (non-hydrogen) atoms. The Balaban J connectivity index is 2.48. The summed E-state index contributed by atoms with van der Waals surface area (Å²) in [4.78, 5) is 0. The molecular weight excluding hydrogens is 175 g/mol. The van der Waals surface area contributed by atoms with E-state index in [1.165, 1.54) is 16.4 Å². The van der Waals surface area contributed by atoms with Crippen LogP contribution in [0.15, 0.2) is 41.9 Å². The molecule has 0 spiro atoms. The highest BCUT2D eigenvalue weighted by molar-refractivity contribution is 7.56. The van der Waals surface area contributed by atoms with E-state index in [0.717, 1.165) is 0 Å². The third kappa shape index (κ3) is 1.68. The van der Waals surface area contributed by atoms with Crippen LogP contribution in [0.25, 0.3) is 5.30 Å². The van der Waals surface area contributed by atoms with Crippen LogP contribution < -0.4 is 0 Å². The van der Waals surface area contributed by atoms with Gasteiger partial charge in [0, 0.05) is 0 Å². The van der Waals surface area contributed by atoms with Crippen LogP contribution in [0.2, 0.25) is 0 Å². The minimum absolute atomic E-state index is 0.143. The summed E-state index contributed by atoms with van der Waals surface area (Å²) in [5.74, 6) is 4.78. The van der Waals surface area contributed by atoms with E-state index in [0.29, 0.717) is 0 Å². The predicted octanol–water partition coefficient (Wildman–Crippen LogP) is 4.28. The molecule has 1 aromatic heterocycles. The van der Waals surface area contributed by atoms with E-state index < -0.39 is 0 Å². The highest BCUT2D eigenvalue weighted by Crippen LogP contribution is 2.41. The van der Waals surface area contributed by atoms with Crippen LogP contribution in [0.1, 0.15) is 11.1 Å². The minimum atomic E-state index is -0.143. The van der Waals surface area contributed by atoms with Crippen LogP contribution in [-0.4, -0.2) is 0 Å². The molecule has 0 saturated heterocycles. The molecule has 0 aliphatic rings. The summed E-state index contributed by atoms with van der Waals surface area (Å²) in [5.41, 5.74) is 2.88. The molecule has 0 fully saturated rings. The van der Waals surface area contributed by atoms with Gasteiger partial charge in [0.05, 0.1) is 0 Å². The second-order valence-corrected chi connectivity index (χ2v) is 5.21. The quantitative estimate of drug-likeness (QED) is 0.626. The first-order valence-corrected chi connectivity index (χ1v) is 5.96. The van der Waals surface area contributed by atoms with Gasteiger partial charge in [-0.1, -0.05) is 37.9 Å². The Morgan fingerprint density at radius 2 is 1.38 bits per heavy atom. The van der Waals surface area contributed by atoms with Crippen molar-refractivity contribution in [3.05, 3.63) is 53.1 Å². The minimum Gasteiger partial charge on any atom is -0.0929 e. The first-order valence-electron chi connectivity index (χ1n) is 4.48. The number of aryl methyl sites for hydroxylation is 2. The molecule has 0 N–H and O–H groups in total. The Morgan fingerprint density at radius 3 is 1.92 bits per heavy atom. The Hall–Kier alpha value is -1.00. The third-order valence-electron chi connectivity index (χ3n) is 2.34. The molecule has 0 saturated carbocycles. The van der Waals surface area contributed by atoms with Crippen molar-refractivity contribution in [3.63, 3.8) is 0 Å². The fraction of sp³-hybridized carbons (Fsp3) is 0.167. The van der Waals surface area contributed by atoms with Crippen LogP contribution in [0.4, 0.5) is 0 Å². The van der Waals surface area contributed by atoms with Crippen molar-refractivity contribution >= 4 is 7.53 Å². The largest absolute Gasteiger partial charge is 0.0929 e. The van der Waals surface area contributed by atoms with Crippen molar-refractivity contribution in [1.29, 1.82) is 0 Å². The zero-order valence-electron chi connectivity index (χ0n) is 7.99. The molecule has 66 valence electrons. The van der Waals surface area contributed by atoms with Crippen LogP contribution in [0, 0.1) is 13.8 Å². The maximum atomic E-state index is 2.39. The Morgan fingerprint density at radius 1 is 0.846 bits per heavy atom. The number of hydrogen-bond donors (Lipinski definition) is 0. The molecule has 2 rings (SSSR count). The summed E-state index contributed by atoms with van der Waals surface area (Å²) in [6.07, 6.45) is 0. The van der Waals surface area contributed by atoms with Crippen molar-refractivity contribution in [2.24, 2.45) is 0 Å². The van der Waals surface area contributed by atoms with Gasteiger partial charge in [0.2, 0.25) is 0 Å². The lowest BCUT2D eigenvalue weighted by Crippen LogP contribution is -1.63. The van der Waals surface area contributed by atoms with Gasteiger partial charge in [0.25, 0.3) is 0 Å². The number of hydrogen-bond acceptors (Lipinski definition) is 0. The van der Waals surface area contributed by atoms with Crippen molar-refractivity contribution in [3.8, 4) is 5.30 Å². The molecule has 0 amide bonds.